The Morgan fingerprint density at radius 3 is 2.37 bits per heavy atom. The molecule has 2 rings (SSSR count). The van der Waals surface area contributed by atoms with Crippen molar-refractivity contribution < 1.29 is 22.7 Å². The highest BCUT2D eigenvalue weighted by molar-refractivity contribution is 7.89. The molecular formula is C17H23N3O6S. The first-order valence-corrected chi connectivity index (χ1v) is 10.0. The molecule has 1 aromatic rings. The quantitative estimate of drug-likeness (QED) is 0.509. The Morgan fingerprint density at radius 1 is 1.26 bits per heavy atom. The second-order valence-corrected chi connectivity index (χ2v) is 8.30. The molecule has 2 atom stereocenters. The van der Waals surface area contributed by atoms with Gasteiger partial charge in [-0.3, -0.25) is 4.79 Å². The van der Waals surface area contributed by atoms with E-state index in [0.717, 1.165) is 4.31 Å². The van der Waals surface area contributed by atoms with Crippen molar-refractivity contribution in [3.8, 4) is 0 Å². The number of rotatable bonds is 7. The fourth-order valence-corrected chi connectivity index (χ4v) is 4.38. The number of nitroso groups, excluding NO2 is 1. The lowest BCUT2D eigenvalue weighted by Crippen LogP contribution is -2.58. The summed E-state index contributed by atoms with van der Waals surface area (Å²) in [5.74, 6) is -1.08. The largest absolute Gasteiger partial charge is 0.467 e. The van der Waals surface area contributed by atoms with Crippen LogP contribution in [0.25, 0.3) is 0 Å². The summed E-state index contributed by atoms with van der Waals surface area (Å²) in [7, 11) is -2.63. The number of piperazine rings is 1. The molecule has 1 saturated heterocycles. The number of benzene rings is 1. The van der Waals surface area contributed by atoms with Crippen molar-refractivity contribution in [3.05, 3.63) is 29.2 Å². The normalized spacial score (nSPS) is 18.0. The van der Waals surface area contributed by atoms with E-state index in [2.05, 4.69) is 5.18 Å². The lowest BCUT2D eigenvalue weighted by molar-refractivity contribution is -0.157. The Kier molecular flexibility index (Phi) is 6.66. The first kappa shape index (κ1) is 21.0. The maximum atomic E-state index is 12.7. The molecule has 0 unspecified atom stereocenters. The molecule has 1 amide bonds. The van der Waals surface area contributed by atoms with Crippen molar-refractivity contribution in [1.82, 2.24) is 9.21 Å². The summed E-state index contributed by atoms with van der Waals surface area (Å²) < 4.78 is 31.4. The van der Waals surface area contributed by atoms with E-state index in [-0.39, 0.29) is 36.1 Å². The number of carbonyl (C=O) groups is 2. The molecule has 1 aliphatic rings. The third-order valence-electron chi connectivity index (χ3n) is 4.76. The zero-order valence-electron chi connectivity index (χ0n) is 15.5. The summed E-state index contributed by atoms with van der Waals surface area (Å²) in [5, 5.41) is 2.73. The lowest BCUT2D eigenvalue weighted by Gasteiger charge is -2.39. The number of ether oxygens (including phenoxy) is 1. The van der Waals surface area contributed by atoms with E-state index >= 15 is 0 Å². The minimum atomic E-state index is -3.89. The fraction of sp³-hybridized carbons (Fsp3) is 0.529. The number of hydrogen-bond acceptors (Lipinski definition) is 7. The van der Waals surface area contributed by atoms with Gasteiger partial charge in [-0.05, 0) is 35.4 Å². The number of methoxy groups -OCH3 is 1. The van der Waals surface area contributed by atoms with Gasteiger partial charge in [0.15, 0.2) is 0 Å². The average molecular weight is 397 g/mol. The molecule has 0 radical (unpaired) electrons. The number of nitrogens with zero attached hydrogens (tertiary/aromatic N) is 3. The average Bonchev–Trinajstić information content (AvgIpc) is 2.68. The van der Waals surface area contributed by atoms with Crippen LogP contribution in [0.1, 0.15) is 20.3 Å². The molecule has 1 aliphatic heterocycles. The van der Waals surface area contributed by atoms with E-state index in [0.29, 0.717) is 6.42 Å². The molecule has 0 bridgehead atoms. The number of esters is 1. The van der Waals surface area contributed by atoms with Crippen LogP contribution in [0.15, 0.2) is 34.3 Å². The van der Waals surface area contributed by atoms with Gasteiger partial charge in [0.1, 0.15) is 11.7 Å². The maximum Gasteiger partial charge on any atom is 0.328 e. The van der Waals surface area contributed by atoms with E-state index in [1.54, 1.807) is 0 Å². The van der Waals surface area contributed by atoms with E-state index < -0.39 is 27.9 Å². The predicted octanol–water partition coefficient (Wildman–Crippen LogP) is 1.51. The van der Waals surface area contributed by atoms with E-state index in [4.69, 9.17) is 4.74 Å². The van der Waals surface area contributed by atoms with Crippen molar-refractivity contribution in [2.75, 3.05) is 26.7 Å². The van der Waals surface area contributed by atoms with Gasteiger partial charge in [0.2, 0.25) is 15.9 Å². The van der Waals surface area contributed by atoms with Crippen LogP contribution in [0.5, 0.6) is 0 Å². The topological polar surface area (TPSA) is 113 Å². The molecule has 0 saturated carbocycles. The predicted molar refractivity (Wildman–Crippen MR) is 97.6 cm³/mol. The second-order valence-electron chi connectivity index (χ2n) is 6.36. The van der Waals surface area contributed by atoms with Crippen molar-refractivity contribution in [2.24, 2.45) is 11.1 Å². The van der Waals surface area contributed by atoms with Crippen LogP contribution >= 0.6 is 0 Å². The van der Waals surface area contributed by atoms with Gasteiger partial charge in [0.05, 0.1) is 18.6 Å². The van der Waals surface area contributed by atoms with E-state index in [9.17, 15) is 22.9 Å². The van der Waals surface area contributed by atoms with Gasteiger partial charge in [0.25, 0.3) is 0 Å². The molecule has 1 heterocycles. The number of hydrogen-bond donors (Lipinski definition) is 0. The molecule has 0 aliphatic carbocycles. The molecule has 1 aromatic carbocycles. The Bertz CT molecular complexity index is 808. The molecule has 0 aromatic heterocycles. The van der Waals surface area contributed by atoms with Crippen LogP contribution in [0.2, 0.25) is 0 Å². The van der Waals surface area contributed by atoms with Gasteiger partial charge in [0, 0.05) is 13.1 Å². The third kappa shape index (κ3) is 4.33. The summed E-state index contributed by atoms with van der Waals surface area (Å²) in [6.07, 6.45) is 0.669. The molecule has 1 fully saturated rings. The summed E-state index contributed by atoms with van der Waals surface area (Å²) in [6, 6.07) is 4.41. The van der Waals surface area contributed by atoms with Gasteiger partial charge in [-0.25, -0.2) is 13.2 Å². The zero-order chi connectivity index (χ0) is 20.2. The van der Waals surface area contributed by atoms with Gasteiger partial charge in [-0.2, -0.15) is 4.31 Å². The van der Waals surface area contributed by atoms with Gasteiger partial charge in [-0.15, -0.1) is 4.91 Å². The van der Waals surface area contributed by atoms with Crippen LogP contribution < -0.4 is 0 Å². The summed E-state index contributed by atoms with van der Waals surface area (Å²) >= 11 is 0. The molecule has 27 heavy (non-hydrogen) atoms. The summed E-state index contributed by atoms with van der Waals surface area (Å²) in [4.78, 5) is 36.6. The van der Waals surface area contributed by atoms with Crippen LogP contribution in [-0.2, 0) is 24.3 Å². The Labute approximate surface area is 158 Å². The Morgan fingerprint density at radius 2 is 1.89 bits per heavy atom. The highest BCUT2D eigenvalue weighted by atomic mass is 32.2. The van der Waals surface area contributed by atoms with E-state index in [1.165, 1.54) is 36.3 Å². The van der Waals surface area contributed by atoms with E-state index in [1.807, 2.05) is 13.8 Å². The smallest absolute Gasteiger partial charge is 0.328 e. The van der Waals surface area contributed by atoms with Gasteiger partial charge in [-0.1, -0.05) is 20.3 Å². The Hall–Kier alpha value is -2.33. The van der Waals surface area contributed by atoms with Crippen LogP contribution in [0, 0.1) is 10.8 Å². The number of amides is 1. The summed E-state index contributed by atoms with van der Waals surface area (Å²) in [5.41, 5.74) is 0.115. The van der Waals surface area contributed by atoms with Crippen LogP contribution in [-0.4, -0.2) is 62.3 Å². The lowest BCUT2D eigenvalue weighted by atomic mass is 9.97. The number of sulfonamides is 1. The number of carbonyl (C=O) groups excluding carboxylic acids is 2. The fourth-order valence-electron chi connectivity index (χ4n) is 3.00. The molecular weight excluding hydrogens is 374 g/mol. The molecule has 0 N–H and O–H groups in total. The highest BCUT2D eigenvalue weighted by Gasteiger charge is 2.40. The summed E-state index contributed by atoms with van der Waals surface area (Å²) in [6.45, 7) is 3.55. The standard InChI is InChI=1S/C17H23N3O6S/c1-4-12(2)16(17(22)26-3)20-10-9-19(11-15(20)21)27(24,25)14-7-5-13(18-23)6-8-14/h5-8,12,16H,4,9-11H2,1-3H3/t12-,16-/m0/s1. The van der Waals surface area contributed by atoms with Crippen molar-refractivity contribution in [1.29, 1.82) is 0 Å². The monoisotopic (exact) mass is 397 g/mol. The molecule has 148 valence electrons. The van der Waals surface area contributed by atoms with Gasteiger partial charge < -0.3 is 9.64 Å². The second kappa shape index (κ2) is 8.57. The SMILES string of the molecule is CC[C@H](C)[C@@H](C(=O)OC)N1CCN(S(=O)(=O)c2ccc(N=O)cc2)CC1=O. The highest BCUT2D eigenvalue weighted by Crippen LogP contribution is 2.24. The molecule has 0 spiro atoms. The first-order chi connectivity index (χ1) is 12.8. The van der Waals surface area contributed by atoms with Crippen LogP contribution in [0.4, 0.5) is 5.69 Å². The molecule has 9 nitrogen and oxygen atoms in total. The zero-order valence-corrected chi connectivity index (χ0v) is 16.3. The van der Waals surface area contributed by atoms with Crippen molar-refractivity contribution in [2.45, 2.75) is 31.2 Å². The van der Waals surface area contributed by atoms with Crippen molar-refractivity contribution in [3.63, 3.8) is 0 Å². The first-order valence-electron chi connectivity index (χ1n) is 8.57. The van der Waals surface area contributed by atoms with Gasteiger partial charge >= 0.3 is 5.97 Å². The minimum absolute atomic E-state index is 0.0254. The van der Waals surface area contributed by atoms with Crippen LogP contribution in [0.3, 0.4) is 0 Å². The third-order valence-corrected chi connectivity index (χ3v) is 6.62. The molecule has 10 heteroatoms. The maximum absolute atomic E-state index is 12.7. The Balaban J connectivity index is 2.20. The minimum Gasteiger partial charge on any atom is -0.467 e. The van der Waals surface area contributed by atoms with Crippen molar-refractivity contribution >= 4 is 27.6 Å².